The minimum Gasteiger partial charge on any atom is -0.372 e. The fourth-order valence-electron chi connectivity index (χ4n) is 1.87. The third-order valence-electron chi connectivity index (χ3n) is 2.66. The van der Waals surface area contributed by atoms with E-state index in [0.29, 0.717) is 18.7 Å². The maximum atomic E-state index is 13.6. The average molecular weight is 315 g/mol. The van der Waals surface area contributed by atoms with Gasteiger partial charge in [-0.2, -0.15) is 13.2 Å². The zero-order chi connectivity index (χ0) is 16.0. The van der Waals surface area contributed by atoms with E-state index in [1.54, 1.807) is 6.92 Å². The Morgan fingerprint density at radius 1 is 1.14 bits per heavy atom. The number of rotatable bonds is 7. The molecule has 0 radical (unpaired) electrons. The molecule has 1 atom stereocenters. The van der Waals surface area contributed by atoms with Crippen LogP contribution in [-0.4, -0.2) is 25.9 Å². The Hall–Kier alpha value is -1.28. The summed E-state index contributed by atoms with van der Waals surface area (Å²) in [5, 5.41) is 2.73. The van der Waals surface area contributed by atoms with Crippen LogP contribution in [0.2, 0.25) is 0 Å². The smallest absolute Gasteiger partial charge is 0.372 e. The number of benzene rings is 1. The van der Waals surface area contributed by atoms with Crippen molar-refractivity contribution < 1.29 is 31.1 Å². The Balaban J connectivity index is 2.74. The summed E-state index contributed by atoms with van der Waals surface area (Å²) in [6.45, 7) is 0.233. The van der Waals surface area contributed by atoms with Crippen molar-refractivity contribution in [2.45, 2.75) is 25.6 Å². The highest BCUT2D eigenvalue weighted by molar-refractivity contribution is 5.24. The van der Waals surface area contributed by atoms with Crippen molar-refractivity contribution in [3.05, 3.63) is 35.1 Å². The lowest BCUT2D eigenvalue weighted by Crippen LogP contribution is -2.26. The van der Waals surface area contributed by atoms with Gasteiger partial charge in [-0.25, -0.2) is 13.2 Å². The molecule has 0 amide bonds. The molecule has 0 aliphatic rings. The van der Waals surface area contributed by atoms with E-state index in [2.05, 4.69) is 10.1 Å². The minimum absolute atomic E-state index is 0.0800. The molecule has 0 aromatic heterocycles. The number of hydrogen-bond donors (Lipinski definition) is 1. The summed E-state index contributed by atoms with van der Waals surface area (Å²) in [5.41, 5.74) is -0.408. The topological polar surface area (TPSA) is 21.3 Å². The maximum absolute atomic E-state index is 13.6. The molecule has 0 heterocycles. The van der Waals surface area contributed by atoms with E-state index >= 15 is 0 Å². The Bertz CT molecular complexity index is 439. The van der Waals surface area contributed by atoms with Gasteiger partial charge in [0, 0.05) is 30.3 Å². The largest absolute Gasteiger partial charge is 0.411 e. The molecule has 1 aromatic carbocycles. The van der Waals surface area contributed by atoms with Gasteiger partial charge < -0.3 is 10.1 Å². The van der Waals surface area contributed by atoms with Crippen LogP contribution in [0.1, 0.15) is 24.9 Å². The fourth-order valence-corrected chi connectivity index (χ4v) is 1.87. The molecule has 0 aliphatic heterocycles. The standard InChI is InChI=1S/C13H15F6NO/c1-2-20-11(3-4-21-7-13(17,18)19)12-9(15)5-8(14)6-10(12)16/h5-6,11,20H,2-4,7H2,1H3. The molecule has 0 saturated carbocycles. The average Bonchev–Trinajstić information content (AvgIpc) is 2.32. The lowest BCUT2D eigenvalue weighted by Gasteiger charge is -2.20. The van der Waals surface area contributed by atoms with Crippen LogP contribution in [-0.2, 0) is 4.74 Å². The van der Waals surface area contributed by atoms with Crippen LogP contribution < -0.4 is 5.32 Å². The van der Waals surface area contributed by atoms with Crippen molar-refractivity contribution in [1.29, 1.82) is 0 Å². The summed E-state index contributed by atoms with van der Waals surface area (Å²) in [5.74, 6) is -3.24. The monoisotopic (exact) mass is 315 g/mol. The first-order valence-electron chi connectivity index (χ1n) is 6.27. The first-order valence-corrected chi connectivity index (χ1v) is 6.27. The van der Waals surface area contributed by atoms with Crippen molar-refractivity contribution in [2.75, 3.05) is 19.8 Å². The summed E-state index contributed by atoms with van der Waals surface area (Å²) in [6, 6.07) is 0.155. The fraction of sp³-hybridized carbons (Fsp3) is 0.538. The molecule has 1 aromatic rings. The third kappa shape index (κ3) is 5.92. The van der Waals surface area contributed by atoms with Gasteiger partial charge in [0.15, 0.2) is 0 Å². The van der Waals surface area contributed by atoms with Crippen LogP contribution in [0.15, 0.2) is 12.1 Å². The normalized spacial score (nSPS) is 13.5. The second-order valence-electron chi connectivity index (χ2n) is 4.35. The van der Waals surface area contributed by atoms with E-state index in [9.17, 15) is 26.3 Å². The highest BCUT2D eigenvalue weighted by Gasteiger charge is 2.28. The van der Waals surface area contributed by atoms with Gasteiger partial charge in [-0.1, -0.05) is 6.92 Å². The molecule has 120 valence electrons. The second kappa shape index (κ2) is 7.65. The van der Waals surface area contributed by atoms with E-state index in [1.165, 1.54) is 0 Å². The van der Waals surface area contributed by atoms with Gasteiger partial charge >= 0.3 is 6.18 Å². The van der Waals surface area contributed by atoms with E-state index in [0.717, 1.165) is 0 Å². The van der Waals surface area contributed by atoms with Gasteiger partial charge in [0.1, 0.15) is 24.1 Å². The van der Waals surface area contributed by atoms with E-state index in [-0.39, 0.29) is 13.0 Å². The molecule has 0 saturated heterocycles. The van der Waals surface area contributed by atoms with Crippen molar-refractivity contribution in [3.63, 3.8) is 0 Å². The van der Waals surface area contributed by atoms with Crippen LogP contribution in [0, 0.1) is 17.5 Å². The molecule has 8 heteroatoms. The molecule has 0 spiro atoms. The van der Waals surface area contributed by atoms with Crippen molar-refractivity contribution in [3.8, 4) is 0 Å². The molecule has 0 aliphatic carbocycles. The molecular formula is C13H15F6NO. The van der Waals surface area contributed by atoms with Gasteiger partial charge in [-0.05, 0) is 13.0 Å². The predicted molar refractivity (Wildman–Crippen MR) is 64.2 cm³/mol. The molecule has 1 N–H and O–H groups in total. The van der Waals surface area contributed by atoms with Gasteiger partial charge in [-0.15, -0.1) is 0 Å². The van der Waals surface area contributed by atoms with Gasteiger partial charge in [0.05, 0.1) is 0 Å². The van der Waals surface area contributed by atoms with Crippen molar-refractivity contribution in [1.82, 2.24) is 5.32 Å². The van der Waals surface area contributed by atoms with E-state index in [4.69, 9.17) is 0 Å². The lowest BCUT2D eigenvalue weighted by molar-refractivity contribution is -0.174. The zero-order valence-corrected chi connectivity index (χ0v) is 11.2. The van der Waals surface area contributed by atoms with Crippen LogP contribution in [0.4, 0.5) is 26.3 Å². The van der Waals surface area contributed by atoms with Crippen LogP contribution >= 0.6 is 0 Å². The Kier molecular flexibility index (Phi) is 6.47. The van der Waals surface area contributed by atoms with Crippen molar-refractivity contribution >= 4 is 0 Å². The minimum atomic E-state index is -4.46. The van der Waals surface area contributed by atoms with Crippen LogP contribution in [0.25, 0.3) is 0 Å². The highest BCUT2D eigenvalue weighted by atomic mass is 19.4. The molecule has 1 rings (SSSR count). The Morgan fingerprint density at radius 3 is 2.19 bits per heavy atom. The summed E-state index contributed by atoms with van der Waals surface area (Å²) < 4.78 is 80.3. The molecule has 21 heavy (non-hydrogen) atoms. The quantitative estimate of drug-likeness (QED) is 0.611. The predicted octanol–water partition coefficient (Wildman–Crippen LogP) is 3.72. The number of alkyl halides is 3. The molecular weight excluding hydrogens is 300 g/mol. The Labute approximate surface area is 118 Å². The van der Waals surface area contributed by atoms with Gasteiger partial charge in [0.2, 0.25) is 0 Å². The second-order valence-corrected chi connectivity index (χ2v) is 4.35. The molecule has 2 nitrogen and oxygen atoms in total. The van der Waals surface area contributed by atoms with Crippen LogP contribution in [0.3, 0.4) is 0 Å². The summed E-state index contributed by atoms with van der Waals surface area (Å²) in [4.78, 5) is 0. The summed E-state index contributed by atoms with van der Waals surface area (Å²) in [7, 11) is 0. The van der Waals surface area contributed by atoms with Gasteiger partial charge in [0.25, 0.3) is 0 Å². The molecule has 0 bridgehead atoms. The highest BCUT2D eigenvalue weighted by Crippen LogP contribution is 2.25. The first-order chi connectivity index (χ1) is 9.74. The zero-order valence-electron chi connectivity index (χ0n) is 11.2. The Morgan fingerprint density at radius 2 is 1.71 bits per heavy atom. The molecule has 1 unspecified atom stereocenters. The SMILES string of the molecule is CCNC(CCOCC(F)(F)F)c1c(F)cc(F)cc1F. The summed E-state index contributed by atoms with van der Waals surface area (Å²) >= 11 is 0. The third-order valence-corrected chi connectivity index (χ3v) is 2.66. The number of hydrogen-bond acceptors (Lipinski definition) is 2. The summed E-state index contributed by atoms with van der Waals surface area (Å²) in [6.07, 6.45) is -4.54. The maximum Gasteiger partial charge on any atom is 0.411 e. The van der Waals surface area contributed by atoms with E-state index in [1.807, 2.05) is 0 Å². The lowest BCUT2D eigenvalue weighted by atomic mass is 10.0. The van der Waals surface area contributed by atoms with Crippen LogP contribution in [0.5, 0.6) is 0 Å². The number of halogens is 6. The van der Waals surface area contributed by atoms with Crippen molar-refractivity contribution in [2.24, 2.45) is 0 Å². The first kappa shape index (κ1) is 17.8. The molecule has 0 fully saturated rings. The van der Waals surface area contributed by atoms with Gasteiger partial charge in [-0.3, -0.25) is 0 Å². The van der Waals surface area contributed by atoms with E-state index < -0.39 is 41.8 Å². The number of nitrogens with one attached hydrogen (secondary N) is 1. The number of ether oxygens (including phenoxy) is 1.